The number of aryl methyl sites for hydroxylation is 1. The third-order valence-electron chi connectivity index (χ3n) is 6.12. The summed E-state index contributed by atoms with van der Waals surface area (Å²) >= 11 is 6.13. The van der Waals surface area contributed by atoms with Crippen LogP contribution in [0, 0.1) is 0 Å². The molecule has 2 aliphatic rings. The second kappa shape index (κ2) is 6.89. The zero-order valence-corrected chi connectivity index (χ0v) is 17.7. The van der Waals surface area contributed by atoms with E-state index in [1.165, 1.54) is 18.2 Å². The largest absolute Gasteiger partial charge is 0.480 e. The van der Waals surface area contributed by atoms with Gasteiger partial charge in [-0.25, -0.2) is 4.98 Å². The summed E-state index contributed by atoms with van der Waals surface area (Å²) in [4.78, 5) is 57.9. The second-order valence-corrected chi connectivity index (χ2v) is 8.33. The molecule has 1 unspecified atom stereocenters. The number of benzene rings is 2. The van der Waals surface area contributed by atoms with Crippen molar-refractivity contribution in [2.45, 2.75) is 18.4 Å². The number of likely N-dealkylation sites (tertiary alicyclic amines) is 1. The highest BCUT2D eigenvalue weighted by molar-refractivity contribution is 6.32. The monoisotopic (exact) mass is 452 g/mol. The van der Waals surface area contributed by atoms with E-state index in [1.807, 2.05) is 24.3 Å². The van der Waals surface area contributed by atoms with Crippen molar-refractivity contribution in [3.05, 3.63) is 58.9 Å². The normalized spacial score (nSPS) is 20.1. The zero-order valence-electron chi connectivity index (χ0n) is 16.9. The number of fused-ring (bicyclic) bond motifs is 3. The lowest BCUT2D eigenvalue weighted by Crippen LogP contribution is -2.47. The average molecular weight is 453 g/mol. The molecule has 5 rings (SSSR count). The molecule has 1 atom stereocenters. The zero-order chi connectivity index (χ0) is 22.8. The third-order valence-corrected chi connectivity index (χ3v) is 6.35. The van der Waals surface area contributed by atoms with Crippen LogP contribution < -0.4 is 4.90 Å². The number of carboxylic acid groups (broad SMARTS) is 1. The van der Waals surface area contributed by atoms with E-state index in [4.69, 9.17) is 11.6 Å². The average Bonchev–Trinajstić information content (AvgIpc) is 3.29. The first-order chi connectivity index (χ1) is 15.2. The van der Waals surface area contributed by atoms with Crippen LogP contribution in [-0.4, -0.2) is 49.8 Å². The van der Waals surface area contributed by atoms with Gasteiger partial charge in [-0.3, -0.25) is 29.0 Å². The summed E-state index contributed by atoms with van der Waals surface area (Å²) in [6.45, 7) is -0.728. The Kier molecular flexibility index (Phi) is 4.35. The molecule has 1 spiro atoms. The number of halogens is 1. The molecule has 32 heavy (non-hydrogen) atoms. The van der Waals surface area contributed by atoms with Crippen molar-refractivity contribution in [1.82, 2.24) is 14.5 Å². The lowest BCUT2D eigenvalue weighted by Gasteiger charge is -2.21. The van der Waals surface area contributed by atoms with Gasteiger partial charge in [-0.1, -0.05) is 23.7 Å². The molecule has 0 aliphatic carbocycles. The number of carbonyl (C=O) groups is 4. The van der Waals surface area contributed by atoms with Crippen LogP contribution in [0.15, 0.2) is 42.5 Å². The standard InChI is InChI=1S/C22H17ClN4O5/c1-25-16-5-3-2-4-14(16)24-17(25)10-27-18(28)9-22(21(27)32)13-8-12(23)6-7-15(13)26(20(22)31)11-19(29)30/h2-8H,9-11H2,1H3,(H,29,30). The van der Waals surface area contributed by atoms with E-state index in [0.29, 0.717) is 5.82 Å². The first kappa shape index (κ1) is 20.2. The third kappa shape index (κ3) is 2.67. The van der Waals surface area contributed by atoms with Crippen molar-refractivity contribution < 1.29 is 24.3 Å². The van der Waals surface area contributed by atoms with Gasteiger partial charge in [-0.05, 0) is 30.3 Å². The Balaban J connectivity index is 1.58. The van der Waals surface area contributed by atoms with Gasteiger partial charge in [0.2, 0.25) is 17.7 Å². The summed E-state index contributed by atoms with van der Waals surface area (Å²) in [7, 11) is 1.79. The van der Waals surface area contributed by atoms with Gasteiger partial charge >= 0.3 is 5.97 Å². The van der Waals surface area contributed by atoms with E-state index in [-0.39, 0.29) is 22.8 Å². The summed E-state index contributed by atoms with van der Waals surface area (Å²) < 4.78 is 1.79. The van der Waals surface area contributed by atoms with Crippen LogP contribution >= 0.6 is 11.6 Å². The fourth-order valence-corrected chi connectivity index (χ4v) is 4.76. The number of imidazole rings is 1. The Hall–Kier alpha value is -3.72. The highest BCUT2D eigenvalue weighted by Gasteiger charge is 2.64. The maximum atomic E-state index is 13.6. The molecule has 3 amide bonds. The SMILES string of the molecule is Cn1c(CN2C(=O)CC3(C2=O)C(=O)N(CC(=O)O)c2ccc(Cl)cc23)nc2ccccc21. The predicted molar refractivity (Wildman–Crippen MR) is 114 cm³/mol. The number of rotatable bonds is 4. The molecule has 1 saturated heterocycles. The number of amides is 3. The summed E-state index contributed by atoms with van der Waals surface area (Å²) in [5.41, 5.74) is 0.269. The number of carboxylic acids is 1. The van der Waals surface area contributed by atoms with Crippen molar-refractivity contribution >= 4 is 52.0 Å². The van der Waals surface area contributed by atoms with Crippen molar-refractivity contribution in [1.29, 1.82) is 0 Å². The first-order valence-corrected chi connectivity index (χ1v) is 10.2. The number of aromatic nitrogens is 2. The summed E-state index contributed by atoms with van der Waals surface area (Å²) in [6.07, 6.45) is -0.391. The molecule has 1 aromatic heterocycles. The number of carbonyl (C=O) groups excluding carboxylic acids is 3. The number of aliphatic carboxylic acids is 1. The number of imide groups is 1. The molecule has 162 valence electrons. The minimum atomic E-state index is -1.82. The van der Waals surface area contributed by atoms with Crippen LogP contribution in [0.1, 0.15) is 17.8 Å². The van der Waals surface area contributed by atoms with Crippen LogP contribution in [0.4, 0.5) is 5.69 Å². The number of nitrogens with zero attached hydrogens (tertiary/aromatic N) is 4. The maximum Gasteiger partial charge on any atom is 0.323 e. The topological polar surface area (TPSA) is 113 Å². The van der Waals surface area contributed by atoms with Crippen molar-refractivity contribution in [2.75, 3.05) is 11.4 Å². The van der Waals surface area contributed by atoms with E-state index >= 15 is 0 Å². The van der Waals surface area contributed by atoms with Gasteiger partial charge in [-0.2, -0.15) is 0 Å². The van der Waals surface area contributed by atoms with Crippen molar-refractivity contribution in [2.24, 2.45) is 7.05 Å². The number of anilines is 1. The van der Waals surface area contributed by atoms with Crippen LogP contribution in [0.5, 0.6) is 0 Å². The molecule has 2 aliphatic heterocycles. The molecule has 0 bridgehead atoms. The van der Waals surface area contributed by atoms with Gasteiger partial charge in [0.15, 0.2) is 5.41 Å². The second-order valence-electron chi connectivity index (χ2n) is 7.89. The Morgan fingerprint density at radius 2 is 1.84 bits per heavy atom. The Morgan fingerprint density at radius 1 is 1.12 bits per heavy atom. The summed E-state index contributed by atoms with van der Waals surface area (Å²) in [6, 6.07) is 11.9. The van der Waals surface area contributed by atoms with Crippen LogP contribution in [0.3, 0.4) is 0 Å². The molecule has 1 fully saturated rings. The molecule has 3 aromatic rings. The molecule has 9 nitrogen and oxygen atoms in total. The minimum Gasteiger partial charge on any atom is -0.480 e. The van der Waals surface area contributed by atoms with Gasteiger partial charge < -0.3 is 9.67 Å². The molecule has 0 saturated carbocycles. The molecular formula is C22H17ClN4O5. The Labute approximate surface area is 186 Å². The quantitative estimate of drug-likeness (QED) is 0.477. The fourth-order valence-electron chi connectivity index (χ4n) is 4.59. The van der Waals surface area contributed by atoms with Gasteiger partial charge in [0.25, 0.3) is 0 Å². The molecule has 1 N–H and O–H groups in total. The van der Waals surface area contributed by atoms with Crippen molar-refractivity contribution in [3.8, 4) is 0 Å². The van der Waals surface area contributed by atoms with Gasteiger partial charge in [0, 0.05) is 23.3 Å². The predicted octanol–water partition coefficient (Wildman–Crippen LogP) is 1.85. The smallest absolute Gasteiger partial charge is 0.323 e. The van der Waals surface area contributed by atoms with Crippen LogP contribution in [-0.2, 0) is 38.2 Å². The van der Waals surface area contributed by atoms with E-state index in [2.05, 4.69) is 4.98 Å². The highest BCUT2D eigenvalue weighted by atomic mass is 35.5. The van der Waals surface area contributed by atoms with Crippen molar-refractivity contribution in [3.63, 3.8) is 0 Å². The number of para-hydroxylation sites is 2. The molecule has 3 heterocycles. The Bertz CT molecular complexity index is 1350. The minimum absolute atomic E-state index is 0.104. The number of hydrogen-bond acceptors (Lipinski definition) is 5. The van der Waals surface area contributed by atoms with Crippen LogP contribution in [0.25, 0.3) is 11.0 Å². The summed E-state index contributed by atoms with van der Waals surface area (Å²) in [5, 5.41) is 9.55. The first-order valence-electron chi connectivity index (χ1n) is 9.83. The van der Waals surface area contributed by atoms with Gasteiger partial charge in [0.1, 0.15) is 12.4 Å². The molecule has 0 radical (unpaired) electrons. The fraction of sp³-hybridized carbons (Fsp3) is 0.227. The highest BCUT2D eigenvalue weighted by Crippen LogP contribution is 2.49. The Morgan fingerprint density at radius 3 is 2.56 bits per heavy atom. The molecular weight excluding hydrogens is 436 g/mol. The lowest BCUT2D eigenvalue weighted by atomic mass is 9.80. The van der Waals surface area contributed by atoms with E-state index in [9.17, 15) is 24.3 Å². The number of hydrogen-bond donors (Lipinski definition) is 1. The van der Waals surface area contributed by atoms with E-state index in [0.717, 1.165) is 20.8 Å². The summed E-state index contributed by atoms with van der Waals surface area (Å²) in [5.74, 6) is -2.70. The van der Waals surface area contributed by atoms with Gasteiger partial charge in [0.05, 0.1) is 24.0 Å². The van der Waals surface area contributed by atoms with Gasteiger partial charge in [-0.15, -0.1) is 0 Å². The maximum absolute atomic E-state index is 13.6. The molecule has 2 aromatic carbocycles. The lowest BCUT2D eigenvalue weighted by molar-refractivity contribution is -0.143. The molecule has 10 heteroatoms. The van der Waals surface area contributed by atoms with E-state index in [1.54, 1.807) is 11.6 Å². The van der Waals surface area contributed by atoms with Crippen LogP contribution in [0.2, 0.25) is 5.02 Å². The van der Waals surface area contributed by atoms with E-state index < -0.39 is 42.1 Å².